The fraction of sp³-hybridized carbons (Fsp3) is 0.450. The number of benzene rings is 1. The first kappa shape index (κ1) is 23.2. The molecule has 0 spiro atoms. The highest BCUT2D eigenvalue weighted by atomic mass is 35.5. The molecule has 0 aliphatic carbocycles. The highest BCUT2D eigenvalue weighted by Gasteiger charge is 2.37. The van der Waals surface area contributed by atoms with Crippen LogP contribution in [0.3, 0.4) is 0 Å². The first-order valence-corrected chi connectivity index (χ1v) is 11.9. The van der Waals surface area contributed by atoms with E-state index in [1.807, 2.05) is 31.2 Å². The lowest BCUT2D eigenvalue weighted by Gasteiger charge is -2.19. The number of ether oxygens (including phenoxy) is 1. The molecule has 0 N–H and O–H groups in total. The van der Waals surface area contributed by atoms with Crippen LogP contribution in [0.15, 0.2) is 41.8 Å². The summed E-state index contributed by atoms with van der Waals surface area (Å²) >= 11 is 5.85. The summed E-state index contributed by atoms with van der Waals surface area (Å²) in [6.07, 6.45) is 5.38. The van der Waals surface area contributed by atoms with Crippen LogP contribution in [0, 0.1) is 0 Å². The van der Waals surface area contributed by atoms with E-state index in [4.69, 9.17) is 21.2 Å². The molecular weight excluding hydrogens is 442 g/mol. The van der Waals surface area contributed by atoms with Crippen molar-refractivity contribution in [3.05, 3.63) is 47.4 Å². The van der Waals surface area contributed by atoms with Gasteiger partial charge in [-0.2, -0.15) is 12.7 Å². The van der Waals surface area contributed by atoms with Gasteiger partial charge in [-0.25, -0.2) is 14.3 Å². The Labute approximate surface area is 187 Å². The van der Waals surface area contributed by atoms with Crippen LogP contribution in [0.2, 0.25) is 5.15 Å². The molecule has 0 radical (unpaired) electrons. The van der Waals surface area contributed by atoms with E-state index in [1.165, 1.54) is 21.0 Å². The second-order valence-corrected chi connectivity index (χ2v) is 9.05. The summed E-state index contributed by atoms with van der Waals surface area (Å²) < 4.78 is 33.9. The molecule has 2 heterocycles. The fourth-order valence-corrected chi connectivity index (χ4v) is 4.81. The van der Waals surface area contributed by atoms with Gasteiger partial charge in [0.1, 0.15) is 29.7 Å². The van der Waals surface area contributed by atoms with Gasteiger partial charge < -0.3 is 9.57 Å². The molecule has 3 rings (SSSR count). The molecule has 1 aliphatic heterocycles. The van der Waals surface area contributed by atoms with Gasteiger partial charge in [-0.1, -0.05) is 16.8 Å². The average Bonchev–Trinajstić information content (AvgIpc) is 3.05. The molecule has 11 heteroatoms. The minimum absolute atomic E-state index is 0.215. The van der Waals surface area contributed by atoms with Gasteiger partial charge in [0.15, 0.2) is 0 Å². The summed E-state index contributed by atoms with van der Waals surface area (Å²) in [5.74, 6) is 1.08. The molecule has 0 bridgehead atoms. The Morgan fingerprint density at radius 3 is 2.71 bits per heavy atom. The normalized spacial score (nSPS) is 16.1. The number of anilines is 1. The maximum atomic E-state index is 12.7. The molecule has 1 aromatic heterocycles. The largest absolute Gasteiger partial charge is 0.494 e. The molecule has 9 nitrogen and oxygen atoms in total. The number of hydrogen-bond acceptors (Lipinski definition) is 7. The summed E-state index contributed by atoms with van der Waals surface area (Å²) in [7, 11) is -3.58. The number of halogens is 1. The first-order chi connectivity index (χ1) is 15.0. The van der Waals surface area contributed by atoms with E-state index in [0.717, 1.165) is 30.6 Å². The van der Waals surface area contributed by atoms with Crippen molar-refractivity contribution < 1.29 is 18.0 Å². The molecule has 0 amide bonds. The summed E-state index contributed by atoms with van der Waals surface area (Å²) in [4.78, 5) is 12.8. The van der Waals surface area contributed by atoms with Gasteiger partial charge in [0.2, 0.25) is 0 Å². The number of aromatic nitrogens is 2. The standard InChI is InChI=1S/C20H26ClN5O4S/c1-2-30-24-15-17-6-8-18(9-7-17)29-13-5-3-4-10-25-11-12-26(31(25,27)28)20-14-19(21)22-16-23-20/h6-9,14-16H,2-5,10-13H2,1H3/b24-15+. The van der Waals surface area contributed by atoms with Crippen LogP contribution >= 0.6 is 11.6 Å². The van der Waals surface area contributed by atoms with Gasteiger partial charge in [0.25, 0.3) is 0 Å². The monoisotopic (exact) mass is 467 g/mol. The van der Waals surface area contributed by atoms with Crippen LogP contribution in [-0.4, -0.2) is 61.8 Å². The first-order valence-electron chi connectivity index (χ1n) is 10.1. The van der Waals surface area contributed by atoms with E-state index >= 15 is 0 Å². The Kier molecular flexibility index (Phi) is 8.44. The van der Waals surface area contributed by atoms with E-state index in [-0.39, 0.29) is 5.15 Å². The molecule has 2 aromatic rings. The van der Waals surface area contributed by atoms with E-state index in [9.17, 15) is 8.42 Å². The number of rotatable bonds is 11. The lowest BCUT2D eigenvalue weighted by atomic mass is 10.2. The van der Waals surface area contributed by atoms with Crippen LogP contribution in [0.25, 0.3) is 0 Å². The second kappa shape index (κ2) is 11.3. The molecule has 0 unspecified atom stereocenters. The quantitative estimate of drug-likeness (QED) is 0.218. The van der Waals surface area contributed by atoms with Gasteiger partial charge in [0, 0.05) is 19.2 Å². The van der Waals surface area contributed by atoms with Crippen LogP contribution in [0.4, 0.5) is 5.82 Å². The fourth-order valence-electron chi connectivity index (χ4n) is 3.07. The third-order valence-electron chi connectivity index (χ3n) is 4.64. The molecule has 1 fully saturated rings. The van der Waals surface area contributed by atoms with Crippen molar-refractivity contribution >= 4 is 33.8 Å². The Bertz CT molecular complexity index is 972. The Balaban J connectivity index is 1.36. The van der Waals surface area contributed by atoms with Crippen molar-refractivity contribution in [1.29, 1.82) is 0 Å². The van der Waals surface area contributed by atoms with Gasteiger partial charge in [-0.3, -0.25) is 0 Å². The minimum Gasteiger partial charge on any atom is -0.494 e. The van der Waals surface area contributed by atoms with Crippen LogP contribution < -0.4 is 9.04 Å². The molecular formula is C20H26ClN5O4S. The highest BCUT2D eigenvalue weighted by Crippen LogP contribution is 2.24. The number of unbranched alkanes of at least 4 members (excludes halogenated alkanes) is 2. The Morgan fingerprint density at radius 2 is 1.97 bits per heavy atom. The van der Waals surface area contributed by atoms with Crippen molar-refractivity contribution in [3.8, 4) is 5.75 Å². The van der Waals surface area contributed by atoms with Gasteiger partial charge in [0.05, 0.1) is 19.4 Å². The van der Waals surface area contributed by atoms with Crippen LogP contribution in [-0.2, 0) is 15.0 Å². The third-order valence-corrected chi connectivity index (χ3v) is 6.79. The summed E-state index contributed by atoms with van der Waals surface area (Å²) in [5, 5.41) is 4.04. The van der Waals surface area contributed by atoms with Gasteiger partial charge in [-0.05, 0) is 56.0 Å². The average molecular weight is 468 g/mol. The lowest BCUT2D eigenvalue weighted by molar-refractivity contribution is 0.160. The maximum Gasteiger partial charge on any atom is 0.305 e. The minimum atomic E-state index is -3.58. The molecule has 31 heavy (non-hydrogen) atoms. The lowest BCUT2D eigenvalue weighted by Crippen LogP contribution is -2.34. The number of nitrogens with zero attached hydrogens (tertiary/aromatic N) is 5. The predicted octanol–water partition coefficient (Wildman–Crippen LogP) is 3.12. The second-order valence-electron chi connectivity index (χ2n) is 6.81. The zero-order valence-corrected chi connectivity index (χ0v) is 18.9. The predicted molar refractivity (Wildman–Crippen MR) is 120 cm³/mol. The summed E-state index contributed by atoms with van der Waals surface area (Å²) in [6.45, 7) is 4.24. The number of hydrogen-bond donors (Lipinski definition) is 0. The molecule has 1 aliphatic rings. The Morgan fingerprint density at radius 1 is 1.16 bits per heavy atom. The van der Waals surface area contributed by atoms with Gasteiger partial charge >= 0.3 is 10.2 Å². The Hall–Kier alpha value is -2.43. The smallest absolute Gasteiger partial charge is 0.305 e. The summed E-state index contributed by atoms with van der Waals surface area (Å²) in [5.41, 5.74) is 0.936. The molecule has 1 saturated heterocycles. The van der Waals surface area contributed by atoms with Crippen molar-refractivity contribution in [1.82, 2.24) is 14.3 Å². The van der Waals surface area contributed by atoms with Crippen molar-refractivity contribution in [2.24, 2.45) is 5.16 Å². The van der Waals surface area contributed by atoms with Crippen molar-refractivity contribution in [2.45, 2.75) is 26.2 Å². The zero-order chi connectivity index (χ0) is 22.1. The molecule has 168 valence electrons. The molecule has 1 aromatic carbocycles. The number of oxime groups is 1. The van der Waals surface area contributed by atoms with E-state index in [2.05, 4.69) is 15.1 Å². The van der Waals surface area contributed by atoms with Crippen LogP contribution in [0.1, 0.15) is 31.7 Å². The van der Waals surface area contributed by atoms with E-state index in [0.29, 0.717) is 38.7 Å². The SMILES string of the molecule is CCO/N=C/c1ccc(OCCCCCN2CCN(c3cc(Cl)ncn3)S2(=O)=O)cc1. The highest BCUT2D eigenvalue weighted by molar-refractivity contribution is 7.90. The molecule has 0 saturated carbocycles. The zero-order valence-electron chi connectivity index (χ0n) is 17.4. The van der Waals surface area contributed by atoms with Gasteiger partial charge in [-0.15, -0.1) is 0 Å². The van der Waals surface area contributed by atoms with Crippen molar-refractivity contribution in [3.63, 3.8) is 0 Å². The third kappa shape index (κ3) is 6.52. The van der Waals surface area contributed by atoms with E-state index < -0.39 is 10.2 Å². The van der Waals surface area contributed by atoms with E-state index in [1.54, 1.807) is 6.21 Å². The summed E-state index contributed by atoms with van der Waals surface area (Å²) in [6, 6.07) is 9.05. The maximum absolute atomic E-state index is 12.7. The molecule has 0 atom stereocenters. The van der Waals surface area contributed by atoms with Crippen LogP contribution in [0.5, 0.6) is 5.75 Å². The van der Waals surface area contributed by atoms with Crippen molar-refractivity contribution in [2.75, 3.05) is 37.2 Å². The topological polar surface area (TPSA) is 97.2 Å².